The molecule has 4 rings (SSSR count). The predicted octanol–water partition coefficient (Wildman–Crippen LogP) is 4.01. The second-order valence-electron chi connectivity index (χ2n) is 7.54. The van der Waals surface area contributed by atoms with E-state index in [0.717, 1.165) is 28.9 Å². The molecule has 0 spiro atoms. The molecular formula is C24H24N2O5. The molecule has 0 saturated carbocycles. The number of amides is 1. The van der Waals surface area contributed by atoms with Gasteiger partial charge in [0.05, 0.1) is 16.8 Å². The highest BCUT2D eigenvalue weighted by molar-refractivity contribution is 6.00. The van der Waals surface area contributed by atoms with E-state index in [2.05, 4.69) is 5.16 Å². The van der Waals surface area contributed by atoms with E-state index in [1.165, 1.54) is 0 Å². The summed E-state index contributed by atoms with van der Waals surface area (Å²) in [6.07, 6.45) is -0.0989. The summed E-state index contributed by atoms with van der Waals surface area (Å²) in [7, 11) is 0. The number of rotatable bonds is 6. The molecule has 0 aliphatic carbocycles. The zero-order valence-electron chi connectivity index (χ0n) is 17.8. The third kappa shape index (κ3) is 4.30. The maximum atomic E-state index is 12.8. The number of fused-ring (bicyclic) bond motifs is 1. The number of hydrogen-bond acceptors (Lipinski definition) is 6. The van der Waals surface area contributed by atoms with Crippen LogP contribution in [0.3, 0.4) is 0 Å². The van der Waals surface area contributed by atoms with Crippen molar-refractivity contribution in [1.29, 1.82) is 0 Å². The molecule has 7 nitrogen and oxygen atoms in total. The first kappa shape index (κ1) is 20.7. The first-order chi connectivity index (χ1) is 14.9. The van der Waals surface area contributed by atoms with Crippen LogP contribution in [-0.4, -0.2) is 29.7 Å². The van der Waals surface area contributed by atoms with Crippen molar-refractivity contribution in [2.45, 2.75) is 39.9 Å². The van der Waals surface area contributed by atoms with Crippen molar-refractivity contribution in [3.05, 3.63) is 76.7 Å². The van der Waals surface area contributed by atoms with E-state index >= 15 is 0 Å². The van der Waals surface area contributed by atoms with Crippen molar-refractivity contribution in [2.24, 2.45) is 0 Å². The number of benzene rings is 2. The molecule has 0 N–H and O–H groups in total. The van der Waals surface area contributed by atoms with E-state index in [1.54, 1.807) is 36.1 Å². The van der Waals surface area contributed by atoms with Gasteiger partial charge in [0.2, 0.25) is 0 Å². The van der Waals surface area contributed by atoms with Gasteiger partial charge in [-0.3, -0.25) is 4.79 Å². The lowest BCUT2D eigenvalue weighted by Gasteiger charge is -2.21. The van der Waals surface area contributed by atoms with Crippen molar-refractivity contribution in [2.75, 3.05) is 11.4 Å². The van der Waals surface area contributed by atoms with Gasteiger partial charge in [-0.05, 0) is 57.0 Å². The fourth-order valence-corrected chi connectivity index (χ4v) is 3.64. The molecule has 0 unspecified atom stereocenters. The molecule has 0 bridgehead atoms. The SMILES string of the molecule is Cc1noc(C)c1COc1cccc(C(=O)O[C@@H](C)C(=O)N2CCc3ccccc32)c1. The van der Waals surface area contributed by atoms with Crippen molar-refractivity contribution in [3.8, 4) is 5.75 Å². The van der Waals surface area contributed by atoms with Gasteiger partial charge in [-0.2, -0.15) is 0 Å². The summed E-state index contributed by atoms with van der Waals surface area (Å²) < 4.78 is 16.4. The second kappa shape index (κ2) is 8.63. The Bertz CT molecular complexity index is 1100. The minimum absolute atomic E-state index is 0.232. The summed E-state index contributed by atoms with van der Waals surface area (Å²) in [6.45, 7) is 6.14. The Balaban J connectivity index is 1.39. The number of para-hydroxylation sites is 1. The minimum atomic E-state index is -0.898. The Morgan fingerprint density at radius 2 is 1.97 bits per heavy atom. The largest absolute Gasteiger partial charge is 0.489 e. The molecule has 160 valence electrons. The zero-order valence-corrected chi connectivity index (χ0v) is 17.8. The van der Waals surface area contributed by atoms with Gasteiger partial charge in [-0.1, -0.05) is 29.4 Å². The van der Waals surface area contributed by atoms with Gasteiger partial charge in [0.25, 0.3) is 5.91 Å². The molecule has 1 aliphatic heterocycles. The third-order valence-electron chi connectivity index (χ3n) is 5.42. The van der Waals surface area contributed by atoms with Crippen LogP contribution >= 0.6 is 0 Å². The number of carbonyl (C=O) groups excluding carboxylic acids is 2. The molecule has 7 heteroatoms. The average molecular weight is 420 g/mol. The molecule has 0 saturated heterocycles. The standard InChI is InChI=1S/C24H24N2O5/c1-15-21(16(2)31-25-15)14-29-20-9-6-8-19(13-20)24(28)30-17(3)23(27)26-12-11-18-7-4-5-10-22(18)26/h4-10,13,17H,11-12,14H2,1-3H3/t17-/m0/s1. The van der Waals surface area contributed by atoms with Crippen molar-refractivity contribution in [3.63, 3.8) is 0 Å². The van der Waals surface area contributed by atoms with E-state index in [0.29, 0.717) is 23.6 Å². The third-order valence-corrected chi connectivity index (χ3v) is 5.42. The van der Waals surface area contributed by atoms with Gasteiger partial charge < -0.3 is 18.9 Å². The smallest absolute Gasteiger partial charge is 0.339 e. The number of nitrogens with zero attached hydrogens (tertiary/aromatic N) is 2. The summed E-state index contributed by atoms with van der Waals surface area (Å²) in [5.41, 5.74) is 3.96. The lowest BCUT2D eigenvalue weighted by Crippen LogP contribution is -2.39. The highest BCUT2D eigenvalue weighted by Crippen LogP contribution is 2.28. The molecule has 2 aromatic carbocycles. The van der Waals surface area contributed by atoms with Crippen LogP contribution in [0.5, 0.6) is 5.75 Å². The number of carbonyl (C=O) groups is 2. The number of aryl methyl sites for hydroxylation is 2. The number of ether oxygens (including phenoxy) is 2. The highest BCUT2D eigenvalue weighted by Gasteiger charge is 2.30. The van der Waals surface area contributed by atoms with Gasteiger partial charge in [-0.25, -0.2) is 4.79 Å². The molecule has 0 radical (unpaired) electrons. The lowest BCUT2D eigenvalue weighted by molar-refractivity contribution is -0.126. The van der Waals surface area contributed by atoms with Gasteiger partial charge in [0.1, 0.15) is 18.1 Å². The molecule has 3 aromatic rings. The Kier molecular flexibility index (Phi) is 5.75. The highest BCUT2D eigenvalue weighted by atomic mass is 16.5. The van der Waals surface area contributed by atoms with E-state index in [-0.39, 0.29) is 12.5 Å². The number of anilines is 1. The van der Waals surface area contributed by atoms with Crippen molar-refractivity contribution >= 4 is 17.6 Å². The molecule has 2 heterocycles. The second-order valence-corrected chi connectivity index (χ2v) is 7.54. The topological polar surface area (TPSA) is 81.9 Å². The fraction of sp³-hybridized carbons (Fsp3) is 0.292. The maximum Gasteiger partial charge on any atom is 0.339 e. The normalized spacial score (nSPS) is 13.6. The van der Waals surface area contributed by atoms with Gasteiger partial charge >= 0.3 is 5.97 Å². The van der Waals surface area contributed by atoms with Gasteiger partial charge in [0.15, 0.2) is 6.10 Å². The first-order valence-electron chi connectivity index (χ1n) is 10.2. The van der Waals surface area contributed by atoms with E-state index in [4.69, 9.17) is 14.0 Å². The summed E-state index contributed by atoms with van der Waals surface area (Å²) >= 11 is 0. The molecule has 1 atom stereocenters. The van der Waals surface area contributed by atoms with Crippen LogP contribution < -0.4 is 9.64 Å². The van der Waals surface area contributed by atoms with Crippen LogP contribution in [0.1, 0.15) is 39.9 Å². The number of aromatic nitrogens is 1. The molecular weight excluding hydrogens is 396 g/mol. The number of hydrogen-bond donors (Lipinski definition) is 0. The van der Waals surface area contributed by atoms with Crippen LogP contribution in [-0.2, 0) is 22.6 Å². The summed E-state index contributed by atoms with van der Waals surface area (Å²) in [6, 6.07) is 14.5. The van der Waals surface area contributed by atoms with E-state index in [1.807, 2.05) is 38.1 Å². The van der Waals surface area contributed by atoms with Crippen LogP contribution in [0.4, 0.5) is 5.69 Å². The fourth-order valence-electron chi connectivity index (χ4n) is 3.64. The summed E-state index contributed by atoms with van der Waals surface area (Å²) in [5, 5.41) is 3.91. The average Bonchev–Trinajstić information content (AvgIpc) is 3.35. The maximum absolute atomic E-state index is 12.8. The van der Waals surface area contributed by atoms with Crippen molar-refractivity contribution in [1.82, 2.24) is 5.16 Å². The Labute approximate surface area is 180 Å². The summed E-state index contributed by atoms with van der Waals surface area (Å²) in [4.78, 5) is 27.2. The molecule has 1 aromatic heterocycles. The predicted molar refractivity (Wildman–Crippen MR) is 114 cm³/mol. The van der Waals surface area contributed by atoms with Gasteiger partial charge in [0, 0.05) is 12.2 Å². The zero-order chi connectivity index (χ0) is 22.0. The van der Waals surface area contributed by atoms with E-state index in [9.17, 15) is 9.59 Å². The molecule has 31 heavy (non-hydrogen) atoms. The van der Waals surface area contributed by atoms with Crippen molar-refractivity contribution < 1.29 is 23.6 Å². The first-order valence-corrected chi connectivity index (χ1v) is 10.2. The van der Waals surface area contributed by atoms with Crippen LogP contribution in [0.25, 0.3) is 0 Å². The minimum Gasteiger partial charge on any atom is -0.489 e. The van der Waals surface area contributed by atoms with Crippen LogP contribution in [0.15, 0.2) is 53.1 Å². The Morgan fingerprint density at radius 1 is 1.16 bits per heavy atom. The van der Waals surface area contributed by atoms with Crippen LogP contribution in [0, 0.1) is 13.8 Å². The summed E-state index contributed by atoms with van der Waals surface area (Å²) in [5.74, 6) is 0.408. The molecule has 1 aliphatic rings. The molecule has 1 amide bonds. The molecule has 0 fully saturated rings. The lowest BCUT2D eigenvalue weighted by atomic mass is 10.2. The monoisotopic (exact) mass is 420 g/mol. The Hall–Kier alpha value is -3.61. The van der Waals surface area contributed by atoms with E-state index < -0.39 is 12.1 Å². The van der Waals surface area contributed by atoms with Crippen LogP contribution in [0.2, 0.25) is 0 Å². The quantitative estimate of drug-likeness (QED) is 0.561. The number of esters is 1. The van der Waals surface area contributed by atoms with Gasteiger partial charge in [-0.15, -0.1) is 0 Å². The Morgan fingerprint density at radius 3 is 2.74 bits per heavy atom.